The largest absolute Gasteiger partial charge is 0.497 e. The van der Waals surface area contributed by atoms with Gasteiger partial charge in [0.1, 0.15) is 5.75 Å². The van der Waals surface area contributed by atoms with Gasteiger partial charge in [0.15, 0.2) is 5.13 Å². The van der Waals surface area contributed by atoms with Crippen molar-refractivity contribution in [1.82, 2.24) is 10.3 Å². The second-order valence-corrected chi connectivity index (χ2v) is 8.01. The molecule has 0 aliphatic heterocycles. The normalized spacial score (nSPS) is 10.4. The number of halogens is 1. The fourth-order valence-corrected chi connectivity index (χ4v) is 3.77. The number of ether oxygens (including phenoxy) is 1. The molecule has 0 saturated heterocycles. The molecule has 0 unspecified atom stereocenters. The Balaban J connectivity index is 1.60. The Kier molecular flexibility index (Phi) is 6.43. The van der Waals surface area contributed by atoms with Gasteiger partial charge in [0.2, 0.25) is 5.91 Å². The third-order valence-corrected chi connectivity index (χ3v) is 5.28. The summed E-state index contributed by atoms with van der Waals surface area (Å²) in [5.74, 6) is 0.121. The monoisotopic (exact) mass is 459 g/mol. The Morgan fingerprint density at radius 1 is 1.18 bits per heavy atom. The van der Waals surface area contributed by atoms with Crippen LogP contribution in [0.3, 0.4) is 0 Å². The van der Waals surface area contributed by atoms with Crippen molar-refractivity contribution in [3.63, 3.8) is 0 Å². The fourth-order valence-electron chi connectivity index (χ4n) is 2.52. The van der Waals surface area contributed by atoms with Crippen molar-refractivity contribution < 1.29 is 14.3 Å². The summed E-state index contributed by atoms with van der Waals surface area (Å²) < 4.78 is 5.97. The van der Waals surface area contributed by atoms with Crippen LogP contribution in [0, 0.1) is 6.92 Å². The molecule has 144 valence electrons. The Bertz CT molecular complexity index is 1000. The van der Waals surface area contributed by atoms with Crippen LogP contribution in [-0.4, -0.2) is 30.5 Å². The first-order valence-corrected chi connectivity index (χ1v) is 10.0. The summed E-state index contributed by atoms with van der Waals surface area (Å²) >= 11 is 4.70. The van der Waals surface area contributed by atoms with E-state index in [9.17, 15) is 9.59 Å². The molecular weight excluding hydrogens is 442 g/mol. The number of nitrogens with zero attached hydrogens (tertiary/aromatic N) is 1. The summed E-state index contributed by atoms with van der Waals surface area (Å²) in [6.45, 7) is 1.81. The second-order valence-electron chi connectivity index (χ2n) is 5.89. The van der Waals surface area contributed by atoms with E-state index in [-0.39, 0.29) is 18.4 Å². The lowest BCUT2D eigenvalue weighted by atomic mass is 10.1. The Morgan fingerprint density at radius 3 is 2.61 bits per heavy atom. The number of carbonyl (C=O) groups is 2. The molecule has 6 nitrogen and oxygen atoms in total. The molecular formula is C20H18BrN3O3S. The van der Waals surface area contributed by atoms with Crippen LogP contribution in [0.4, 0.5) is 5.13 Å². The number of hydrogen-bond acceptors (Lipinski definition) is 5. The van der Waals surface area contributed by atoms with Gasteiger partial charge in [-0.05, 0) is 49.4 Å². The maximum Gasteiger partial charge on any atom is 0.251 e. The smallest absolute Gasteiger partial charge is 0.251 e. The van der Waals surface area contributed by atoms with Crippen molar-refractivity contribution in [3.05, 3.63) is 63.4 Å². The van der Waals surface area contributed by atoms with E-state index in [4.69, 9.17) is 4.74 Å². The van der Waals surface area contributed by atoms with Gasteiger partial charge in [0.25, 0.3) is 5.91 Å². The van der Waals surface area contributed by atoms with E-state index in [1.807, 2.05) is 37.3 Å². The molecule has 2 amide bonds. The Hall–Kier alpha value is -2.71. The molecule has 0 atom stereocenters. The number of nitrogens with one attached hydrogen (secondary N) is 2. The zero-order valence-corrected chi connectivity index (χ0v) is 17.7. The number of amides is 2. The van der Waals surface area contributed by atoms with E-state index in [1.165, 1.54) is 11.3 Å². The standard InChI is InChI=1S/C20H18BrN3O3S/c1-12-18(13-6-8-16(27-2)9-7-13)24-20(28-12)23-17(25)11-22-19(26)14-4-3-5-15(21)10-14/h3-10H,11H2,1-2H3,(H,22,26)(H,23,24,25). The molecule has 28 heavy (non-hydrogen) atoms. The van der Waals surface area contributed by atoms with Crippen LogP contribution >= 0.6 is 27.3 Å². The molecule has 0 aliphatic rings. The van der Waals surface area contributed by atoms with Gasteiger partial charge < -0.3 is 15.4 Å². The van der Waals surface area contributed by atoms with Crippen molar-refractivity contribution >= 4 is 44.2 Å². The number of benzene rings is 2. The third kappa shape index (κ3) is 4.96. The SMILES string of the molecule is COc1ccc(-c2nc(NC(=O)CNC(=O)c3cccc(Br)c3)sc2C)cc1. The molecule has 0 saturated carbocycles. The maximum atomic E-state index is 12.2. The van der Waals surface area contributed by atoms with E-state index in [0.717, 1.165) is 26.4 Å². The number of thiazole rings is 1. The Morgan fingerprint density at radius 2 is 1.93 bits per heavy atom. The number of methoxy groups -OCH3 is 1. The van der Waals surface area contributed by atoms with Gasteiger partial charge in [0, 0.05) is 20.5 Å². The zero-order valence-electron chi connectivity index (χ0n) is 15.3. The third-order valence-electron chi connectivity index (χ3n) is 3.90. The average molecular weight is 460 g/mol. The molecule has 8 heteroatoms. The van der Waals surface area contributed by atoms with Gasteiger partial charge in [0.05, 0.1) is 19.3 Å². The molecule has 0 spiro atoms. The first-order chi connectivity index (χ1) is 13.5. The first kappa shape index (κ1) is 20.0. The van der Waals surface area contributed by atoms with Gasteiger partial charge in [-0.25, -0.2) is 4.98 Å². The van der Waals surface area contributed by atoms with Crippen LogP contribution < -0.4 is 15.4 Å². The van der Waals surface area contributed by atoms with Crippen LogP contribution in [0.15, 0.2) is 53.0 Å². The molecule has 3 rings (SSSR count). The van der Waals surface area contributed by atoms with Crippen LogP contribution in [0.1, 0.15) is 15.2 Å². The van der Waals surface area contributed by atoms with E-state index >= 15 is 0 Å². The van der Waals surface area contributed by atoms with Gasteiger partial charge in [-0.15, -0.1) is 11.3 Å². The predicted molar refractivity (Wildman–Crippen MR) is 114 cm³/mol. The predicted octanol–water partition coefficient (Wildman–Crippen LogP) is 4.26. The summed E-state index contributed by atoms with van der Waals surface area (Å²) in [4.78, 5) is 29.8. The van der Waals surface area contributed by atoms with E-state index in [0.29, 0.717) is 10.7 Å². The molecule has 0 aliphatic carbocycles. The minimum Gasteiger partial charge on any atom is -0.497 e. The lowest BCUT2D eigenvalue weighted by molar-refractivity contribution is -0.115. The van der Waals surface area contributed by atoms with Gasteiger partial charge in [-0.2, -0.15) is 0 Å². The fraction of sp³-hybridized carbons (Fsp3) is 0.150. The van der Waals surface area contributed by atoms with Gasteiger partial charge >= 0.3 is 0 Å². The maximum absolute atomic E-state index is 12.2. The first-order valence-electron chi connectivity index (χ1n) is 8.41. The zero-order chi connectivity index (χ0) is 20.1. The van der Waals surface area contributed by atoms with E-state index < -0.39 is 0 Å². The number of anilines is 1. The highest BCUT2D eigenvalue weighted by Gasteiger charge is 2.13. The van der Waals surface area contributed by atoms with E-state index in [1.54, 1.807) is 25.3 Å². The van der Waals surface area contributed by atoms with Crippen molar-refractivity contribution in [2.45, 2.75) is 6.92 Å². The molecule has 0 radical (unpaired) electrons. The number of carbonyl (C=O) groups excluding carboxylic acids is 2. The van der Waals surface area contributed by atoms with Crippen molar-refractivity contribution in [3.8, 4) is 17.0 Å². The minimum atomic E-state index is -0.335. The summed E-state index contributed by atoms with van der Waals surface area (Å²) in [6, 6.07) is 14.5. The summed E-state index contributed by atoms with van der Waals surface area (Å²) in [7, 11) is 1.62. The van der Waals surface area contributed by atoms with Crippen LogP contribution in [-0.2, 0) is 4.79 Å². The molecule has 0 bridgehead atoms. The minimum absolute atomic E-state index is 0.137. The van der Waals surface area contributed by atoms with E-state index in [2.05, 4.69) is 31.5 Å². The molecule has 2 aromatic carbocycles. The lowest BCUT2D eigenvalue weighted by Crippen LogP contribution is -2.32. The molecule has 1 aromatic heterocycles. The number of hydrogen-bond donors (Lipinski definition) is 2. The molecule has 3 aromatic rings. The second kappa shape index (κ2) is 8.99. The number of aromatic nitrogens is 1. The summed E-state index contributed by atoms with van der Waals surface area (Å²) in [5, 5.41) is 5.83. The number of rotatable bonds is 6. The highest BCUT2D eigenvalue weighted by Crippen LogP contribution is 2.31. The van der Waals surface area contributed by atoms with Crippen molar-refractivity contribution in [2.24, 2.45) is 0 Å². The topological polar surface area (TPSA) is 80.3 Å². The quantitative estimate of drug-likeness (QED) is 0.576. The summed E-state index contributed by atoms with van der Waals surface area (Å²) in [5.41, 5.74) is 2.23. The Labute approximate surface area is 175 Å². The number of aryl methyl sites for hydroxylation is 1. The summed E-state index contributed by atoms with van der Waals surface area (Å²) in [6.07, 6.45) is 0. The van der Waals surface area contributed by atoms with Crippen molar-refractivity contribution in [2.75, 3.05) is 19.0 Å². The molecule has 1 heterocycles. The molecule has 0 fully saturated rings. The van der Waals surface area contributed by atoms with Crippen LogP contribution in [0.2, 0.25) is 0 Å². The molecule has 2 N–H and O–H groups in total. The van der Waals surface area contributed by atoms with Gasteiger partial charge in [-0.1, -0.05) is 22.0 Å². The average Bonchev–Trinajstić information content (AvgIpc) is 3.06. The van der Waals surface area contributed by atoms with Crippen molar-refractivity contribution in [1.29, 1.82) is 0 Å². The highest BCUT2D eigenvalue weighted by atomic mass is 79.9. The van der Waals surface area contributed by atoms with Crippen LogP contribution in [0.25, 0.3) is 11.3 Å². The lowest BCUT2D eigenvalue weighted by Gasteiger charge is -2.05. The van der Waals surface area contributed by atoms with Crippen LogP contribution in [0.5, 0.6) is 5.75 Å². The highest BCUT2D eigenvalue weighted by molar-refractivity contribution is 9.10. The van der Waals surface area contributed by atoms with Gasteiger partial charge in [-0.3, -0.25) is 9.59 Å².